The highest BCUT2D eigenvalue weighted by Gasteiger charge is 2.40. The molecule has 104 valence electrons. The first-order valence-corrected chi connectivity index (χ1v) is 7.01. The number of rotatable bonds is 3. The predicted molar refractivity (Wildman–Crippen MR) is 81.9 cm³/mol. The van der Waals surface area contributed by atoms with Crippen molar-refractivity contribution in [3.05, 3.63) is 39.4 Å². The average Bonchev–Trinajstić information content (AvgIpc) is 2.51. The lowest BCUT2D eigenvalue weighted by Crippen LogP contribution is -2.45. The summed E-state index contributed by atoms with van der Waals surface area (Å²) >= 11 is 2.17. The van der Waals surface area contributed by atoms with E-state index in [1.54, 1.807) is 7.05 Å². The molecular weight excluding hydrogens is 360 g/mol. The third kappa shape index (κ3) is 2.85. The van der Waals surface area contributed by atoms with E-state index in [4.69, 9.17) is 0 Å². The van der Waals surface area contributed by atoms with Crippen LogP contribution < -0.4 is 10.7 Å². The van der Waals surface area contributed by atoms with Crippen LogP contribution in [0.3, 0.4) is 0 Å². The maximum absolute atomic E-state index is 14.1. The number of benzene rings is 1. The van der Waals surface area contributed by atoms with Crippen molar-refractivity contribution in [3.63, 3.8) is 0 Å². The summed E-state index contributed by atoms with van der Waals surface area (Å²) in [5.74, 6) is -0.448. The molecule has 4 nitrogen and oxygen atoms in total. The normalized spacial score (nSPS) is 19.8. The van der Waals surface area contributed by atoms with E-state index in [0.717, 1.165) is 9.26 Å². The Hall–Kier alpha value is -0.860. The minimum Gasteiger partial charge on any atom is -0.370 e. The summed E-state index contributed by atoms with van der Waals surface area (Å²) in [5.41, 5.74) is 3.40. The molecule has 0 aromatic heterocycles. The van der Waals surface area contributed by atoms with E-state index in [-0.39, 0.29) is 0 Å². The van der Waals surface area contributed by atoms with Crippen molar-refractivity contribution in [2.45, 2.75) is 25.6 Å². The molecule has 6 heteroatoms. The van der Waals surface area contributed by atoms with E-state index in [1.165, 1.54) is 5.01 Å². The second-order valence-corrected chi connectivity index (χ2v) is 6.19. The van der Waals surface area contributed by atoms with Crippen LogP contribution in [0.5, 0.6) is 0 Å². The number of nitrogens with zero attached hydrogens (tertiary/aromatic N) is 1. The molecule has 0 fully saturated rings. The second-order valence-electron chi connectivity index (χ2n) is 5.03. The van der Waals surface area contributed by atoms with Crippen molar-refractivity contribution in [2.24, 2.45) is 0 Å². The van der Waals surface area contributed by atoms with Gasteiger partial charge in [-0.15, -0.1) is 0 Å². The zero-order valence-corrected chi connectivity index (χ0v) is 13.2. The number of aliphatic hydroxyl groups is 1. The van der Waals surface area contributed by atoms with Gasteiger partial charge in [-0.1, -0.05) is 12.1 Å². The second kappa shape index (κ2) is 5.26. The first kappa shape index (κ1) is 14.5. The lowest BCUT2D eigenvalue weighted by molar-refractivity contribution is 0.205. The number of para-hydroxylation sites is 1. The van der Waals surface area contributed by atoms with Crippen molar-refractivity contribution in [2.75, 3.05) is 12.4 Å². The van der Waals surface area contributed by atoms with Crippen molar-refractivity contribution in [1.82, 2.24) is 10.4 Å². The minimum absolute atomic E-state index is 0.301. The van der Waals surface area contributed by atoms with Crippen molar-refractivity contribution in [3.8, 4) is 0 Å². The summed E-state index contributed by atoms with van der Waals surface area (Å²) in [6, 6.07) is 7.55. The van der Waals surface area contributed by atoms with E-state index in [2.05, 4.69) is 33.3 Å². The zero-order valence-electron chi connectivity index (χ0n) is 11.0. The highest BCUT2D eigenvalue weighted by Crippen LogP contribution is 2.32. The molecule has 1 unspecified atom stereocenters. The lowest BCUT2D eigenvalue weighted by atomic mass is 9.95. The van der Waals surface area contributed by atoms with Crippen LogP contribution in [-0.2, 0) is 0 Å². The molecule has 1 aromatic rings. The first-order valence-electron chi connectivity index (χ1n) is 5.94. The van der Waals surface area contributed by atoms with E-state index < -0.39 is 17.7 Å². The van der Waals surface area contributed by atoms with Gasteiger partial charge in [-0.2, -0.15) is 4.39 Å². The monoisotopic (exact) mass is 377 g/mol. The van der Waals surface area contributed by atoms with Crippen LogP contribution in [-0.4, -0.2) is 28.9 Å². The molecule has 2 rings (SSSR count). The van der Waals surface area contributed by atoms with Crippen molar-refractivity contribution >= 4 is 28.3 Å². The smallest absolute Gasteiger partial charge is 0.209 e. The molecule has 0 aliphatic carbocycles. The maximum atomic E-state index is 14.1. The molecule has 1 aliphatic heterocycles. The number of hydrogen-bond donors (Lipinski definition) is 3. The predicted octanol–water partition coefficient (Wildman–Crippen LogP) is 2.43. The van der Waals surface area contributed by atoms with E-state index in [0.29, 0.717) is 5.57 Å². The molecule has 0 saturated carbocycles. The highest BCUT2D eigenvalue weighted by atomic mass is 127. The molecule has 0 spiro atoms. The number of hydrogen-bond acceptors (Lipinski definition) is 4. The summed E-state index contributed by atoms with van der Waals surface area (Å²) in [6.07, 6.45) is -1.08. The zero-order chi connectivity index (χ0) is 14.2. The van der Waals surface area contributed by atoms with Gasteiger partial charge >= 0.3 is 0 Å². The number of nitrogens with one attached hydrogen (secondary N) is 2. The van der Waals surface area contributed by atoms with Gasteiger partial charge in [-0.05, 0) is 48.6 Å². The van der Waals surface area contributed by atoms with Crippen LogP contribution in [0, 0.1) is 3.57 Å². The molecule has 19 heavy (non-hydrogen) atoms. The third-order valence-corrected chi connectivity index (χ3v) is 4.02. The summed E-state index contributed by atoms with van der Waals surface area (Å²) in [4.78, 5) is 0. The number of aliphatic hydroxyl groups excluding tert-OH is 1. The Morgan fingerprint density at radius 2 is 2.05 bits per heavy atom. The standard InChI is InChI=1S/C13H17FIN3O/c1-13(2)10(11(14)18(3)17-13)12(19)16-9-7-5-4-6-8(9)15/h4-7,12,16-17,19H,1-3H3. The van der Waals surface area contributed by atoms with E-state index >= 15 is 0 Å². The summed E-state index contributed by atoms with van der Waals surface area (Å²) in [7, 11) is 1.59. The molecule has 1 heterocycles. The van der Waals surface area contributed by atoms with Gasteiger partial charge in [0.25, 0.3) is 0 Å². The van der Waals surface area contributed by atoms with E-state index in [1.807, 2.05) is 38.1 Å². The Labute approximate surface area is 125 Å². The van der Waals surface area contributed by atoms with Gasteiger partial charge in [-0.3, -0.25) is 5.01 Å². The lowest BCUT2D eigenvalue weighted by Gasteiger charge is -2.27. The van der Waals surface area contributed by atoms with Crippen LogP contribution in [0.2, 0.25) is 0 Å². The largest absolute Gasteiger partial charge is 0.370 e. The third-order valence-electron chi connectivity index (χ3n) is 3.08. The van der Waals surface area contributed by atoms with Gasteiger partial charge in [0.1, 0.15) is 0 Å². The molecule has 0 radical (unpaired) electrons. The molecule has 0 saturated heterocycles. The molecule has 1 aromatic carbocycles. The van der Waals surface area contributed by atoms with Crippen LogP contribution in [0.25, 0.3) is 0 Å². The summed E-state index contributed by atoms with van der Waals surface area (Å²) in [6.45, 7) is 3.65. The molecule has 1 aliphatic rings. The molecule has 0 amide bonds. The Morgan fingerprint density at radius 1 is 1.42 bits per heavy atom. The van der Waals surface area contributed by atoms with Crippen molar-refractivity contribution in [1.29, 1.82) is 0 Å². The Morgan fingerprint density at radius 3 is 2.58 bits per heavy atom. The number of hydrazine groups is 1. The molecule has 0 bridgehead atoms. The van der Waals surface area contributed by atoms with Gasteiger partial charge < -0.3 is 10.4 Å². The van der Waals surface area contributed by atoms with Gasteiger partial charge in [-0.25, -0.2) is 5.43 Å². The van der Waals surface area contributed by atoms with Crippen LogP contribution in [0.4, 0.5) is 10.1 Å². The fourth-order valence-corrected chi connectivity index (χ4v) is 2.76. The summed E-state index contributed by atoms with van der Waals surface area (Å²) in [5, 5.41) is 14.5. The summed E-state index contributed by atoms with van der Waals surface area (Å²) < 4.78 is 15.0. The van der Waals surface area contributed by atoms with Gasteiger partial charge in [0.05, 0.1) is 11.1 Å². The Bertz CT molecular complexity index is 518. The average molecular weight is 377 g/mol. The van der Waals surface area contributed by atoms with Gasteiger partial charge in [0, 0.05) is 16.3 Å². The van der Waals surface area contributed by atoms with Crippen LogP contribution in [0.15, 0.2) is 35.8 Å². The number of halogens is 2. The maximum Gasteiger partial charge on any atom is 0.209 e. The first-order chi connectivity index (χ1) is 8.83. The minimum atomic E-state index is -1.08. The topological polar surface area (TPSA) is 47.5 Å². The number of anilines is 1. The Balaban J connectivity index is 2.25. The quantitative estimate of drug-likeness (QED) is 0.430. The fraction of sp³-hybridized carbons (Fsp3) is 0.385. The van der Waals surface area contributed by atoms with Crippen molar-refractivity contribution < 1.29 is 9.50 Å². The van der Waals surface area contributed by atoms with Crippen LogP contribution >= 0.6 is 22.6 Å². The van der Waals surface area contributed by atoms with Gasteiger partial charge in [0.15, 0.2) is 6.23 Å². The highest BCUT2D eigenvalue weighted by molar-refractivity contribution is 14.1. The fourth-order valence-electron chi connectivity index (χ4n) is 2.22. The SMILES string of the molecule is CN1NC(C)(C)C(C(O)Nc2ccccc2I)=C1F. The Kier molecular flexibility index (Phi) is 4.03. The molecule has 1 atom stereocenters. The van der Waals surface area contributed by atoms with Crippen LogP contribution in [0.1, 0.15) is 13.8 Å². The molecular formula is C13H17FIN3O. The van der Waals surface area contributed by atoms with Gasteiger partial charge in [0.2, 0.25) is 5.95 Å². The molecule has 3 N–H and O–H groups in total. The van der Waals surface area contributed by atoms with E-state index in [9.17, 15) is 9.50 Å².